The summed E-state index contributed by atoms with van der Waals surface area (Å²) in [6.45, 7) is 6.12. The Balaban J connectivity index is 0.00000243. The van der Waals surface area contributed by atoms with E-state index in [1.54, 1.807) is 0 Å². The van der Waals surface area contributed by atoms with Gasteiger partial charge in [0, 0.05) is 32.1 Å². The van der Waals surface area contributed by atoms with Crippen LogP contribution in [0.25, 0.3) is 0 Å². The first kappa shape index (κ1) is 21.0. The number of carbonyl (C=O) groups is 1. The molecule has 2 aliphatic rings. The lowest BCUT2D eigenvalue weighted by Crippen LogP contribution is -2.49. The summed E-state index contributed by atoms with van der Waals surface area (Å²) in [4.78, 5) is 18.7. The van der Waals surface area contributed by atoms with Crippen molar-refractivity contribution in [2.75, 3.05) is 26.7 Å². The van der Waals surface area contributed by atoms with Gasteiger partial charge < -0.3 is 15.0 Å². The summed E-state index contributed by atoms with van der Waals surface area (Å²) in [5, 5.41) is 3.60. The molecule has 0 amide bonds. The maximum atomic E-state index is 12.1. The van der Waals surface area contributed by atoms with Crippen LogP contribution in [0.15, 0.2) is 29.3 Å². The molecule has 1 aliphatic heterocycles. The highest BCUT2D eigenvalue weighted by Gasteiger charge is 2.40. The summed E-state index contributed by atoms with van der Waals surface area (Å²) in [5.41, 5.74) is 2.78. The molecule has 1 saturated heterocycles. The van der Waals surface area contributed by atoms with Crippen molar-refractivity contribution in [2.45, 2.75) is 45.1 Å². The van der Waals surface area contributed by atoms with Gasteiger partial charge in [-0.15, -0.1) is 24.0 Å². The fourth-order valence-electron chi connectivity index (χ4n) is 3.79. The maximum absolute atomic E-state index is 12.1. The molecule has 1 saturated carbocycles. The van der Waals surface area contributed by atoms with Crippen LogP contribution in [-0.4, -0.2) is 49.6 Å². The summed E-state index contributed by atoms with van der Waals surface area (Å²) < 4.78 is 5.20. The van der Waals surface area contributed by atoms with E-state index in [1.165, 1.54) is 11.1 Å². The summed E-state index contributed by atoms with van der Waals surface area (Å²) in [7, 11) is 1.82. The number of ether oxygens (including phenoxy) is 1. The smallest absolute Gasteiger partial charge is 0.310 e. The van der Waals surface area contributed by atoms with Crippen molar-refractivity contribution in [2.24, 2.45) is 10.9 Å². The first-order chi connectivity index (χ1) is 12.1. The zero-order chi connectivity index (χ0) is 17.8. The lowest BCUT2D eigenvalue weighted by Gasteiger charge is -2.34. The molecule has 0 aromatic heterocycles. The number of aryl methyl sites for hydroxylation is 1. The van der Waals surface area contributed by atoms with Crippen LogP contribution >= 0.6 is 24.0 Å². The summed E-state index contributed by atoms with van der Waals surface area (Å²) in [5.74, 6) is 1.35. The summed E-state index contributed by atoms with van der Waals surface area (Å²) in [6, 6.07) is 9.03. The number of benzene rings is 1. The fraction of sp³-hybridized carbons (Fsp3) is 0.600. The van der Waals surface area contributed by atoms with Crippen LogP contribution in [0.4, 0.5) is 0 Å². The largest absolute Gasteiger partial charge is 0.466 e. The Morgan fingerprint density at radius 3 is 2.85 bits per heavy atom. The zero-order valence-electron chi connectivity index (χ0n) is 15.9. The van der Waals surface area contributed by atoms with Gasteiger partial charge in [-0.05, 0) is 44.2 Å². The molecule has 1 heterocycles. The Kier molecular flexibility index (Phi) is 7.73. The number of aliphatic imine (C=N–C) groups is 1. The number of likely N-dealkylation sites (tertiary alicyclic amines) is 1. The predicted octanol–water partition coefficient (Wildman–Crippen LogP) is 3.32. The van der Waals surface area contributed by atoms with E-state index in [-0.39, 0.29) is 35.9 Å². The quantitative estimate of drug-likeness (QED) is 0.317. The number of piperidine rings is 1. The third kappa shape index (κ3) is 4.90. The van der Waals surface area contributed by atoms with E-state index in [0.717, 1.165) is 31.8 Å². The Labute approximate surface area is 173 Å². The molecule has 0 bridgehead atoms. The predicted molar refractivity (Wildman–Crippen MR) is 115 cm³/mol. The SMILES string of the molecule is CCOC(=O)C1CCCN(C(=NC)NC2CC2c2ccccc2C)C1.I. The van der Waals surface area contributed by atoms with Gasteiger partial charge in [0.25, 0.3) is 0 Å². The minimum absolute atomic E-state index is 0. The van der Waals surface area contributed by atoms with Crippen molar-refractivity contribution in [3.8, 4) is 0 Å². The van der Waals surface area contributed by atoms with Crippen molar-refractivity contribution in [1.29, 1.82) is 0 Å². The molecular weight excluding hydrogens is 441 g/mol. The second kappa shape index (κ2) is 9.58. The molecule has 1 N–H and O–H groups in total. The van der Waals surface area contributed by atoms with Crippen molar-refractivity contribution >= 4 is 35.9 Å². The van der Waals surface area contributed by atoms with Gasteiger partial charge in [-0.1, -0.05) is 24.3 Å². The second-order valence-electron chi connectivity index (χ2n) is 7.03. The molecule has 1 aromatic carbocycles. The van der Waals surface area contributed by atoms with Gasteiger partial charge in [-0.25, -0.2) is 0 Å². The van der Waals surface area contributed by atoms with Crippen LogP contribution in [0.2, 0.25) is 0 Å². The first-order valence-corrected chi connectivity index (χ1v) is 9.34. The van der Waals surface area contributed by atoms with E-state index in [0.29, 0.717) is 25.1 Å². The van der Waals surface area contributed by atoms with Crippen molar-refractivity contribution in [3.63, 3.8) is 0 Å². The van der Waals surface area contributed by atoms with Gasteiger partial charge in [0.15, 0.2) is 5.96 Å². The maximum Gasteiger partial charge on any atom is 0.310 e. The standard InChI is InChI=1S/C20H29N3O2.HI/c1-4-25-19(24)15-9-7-11-23(13-15)20(21-3)22-18-12-17(18)16-10-6-5-8-14(16)2;/h5-6,8,10,15,17-18H,4,7,9,11-13H2,1-3H3,(H,21,22);1H. The number of esters is 1. The van der Waals surface area contributed by atoms with Gasteiger partial charge in [-0.3, -0.25) is 9.79 Å². The molecule has 3 unspecified atom stereocenters. The van der Waals surface area contributed by atoms with Crippen molar-refractivity contribution < 1.29 is 9.53 Å². The van der Waals surface area contributed by atoms with E-state index >= 15 is 0 Å². The molecule has 1 aliphatic carbocycles. The number of hydrogen-bond acceptors (Lipinski definition) is 3. The van der Waals surface area contributed by atoms with Gasteiger partial charge in [0.1, 0.15) is 0 Å². The highest BCUT2D eigenvalue weighted by molar-refractivity contribution is 14.0. The number of carbonyl (C=O) groups excluding carboxylic acids is 1. The van der Waals surface area contributed by atoms with E-state index in [9.17, 15) is 4.79 Å². The molecule has 0 radical (unpaired) electrons. The average molecular weight is 471 g/mol. The number of hydrogen-bond donors (Lipinski definition) is 1. The number of guanidine groups is 1. The molecule has 6 heteroatoms. The molecule has 144 valence electrons. The molecule has 26 heavy (non-hydrogen) atoms. The Bertz CT molecular complexity index is 650. The lowest BCUT2D eigenvalue weighted by molar-refractivity contribution is -0.149. The average Bonchev–Trinajstić information content (AvgIpc) is 3.39. The zero-order valence-corrected chi connectivity index (χ0v) is 18.2. The Morgan fingerprint density at radius 1 is 1.38 bits per heavy atom. The molecule has 0 spiro atoms. The molecule has 3 rings (SSSR count). The van der Waals surface area contributed by atoms with Crippen LogP contribution < -0.4 is 5.32 Å². The van der Waals surface area contributed by atoms with Crippen LogP contribution in [0, 0.1) is 12.8 Å². The number of nitrogens with zero attached hydrogens (tertiary/aromatic N) is 2. The monoisotopic (exact) mass is 471 g/mol. The molecule has 5 nitrogen and oxygen atoms in total. The third-order valence-corrected chi connectivity index (χ3v) is 5.25. The summed E-state index contributed by atoms with van der Waals surface area (Å²) >= 11 is 0. The van der Waals surface area contributed by atoms with Gasteiger partial charge >= 0.3 is 5.97 Å². The molecule has 1 aromatic rings. The fourth-order valence-corrected chi connectivity index (χ4v) is 3.79. The van der Waals surface area contributed by atoms with E-state index < -0.39 is 0 Å². The number of nitrogens with one attached hydrogen (secondary N) is 1. The van der Waals surface area contributed by atoms with E-state index in [2.05, 4.69) is 46.4 Å². The van der Waals surface area contributed by atoms with Gasteiger partial charge in [0.05, 0.1) is 12.5 Å². The Hall–Kier alpha value is -1.31. The van der Waals surface area contributed by atoms with Crippen molar-refractivity contribution in [1.82, 2.24) is 10.2 Å². The normalized spacial score (nSPS) is 25.3. The Morgan fingerprint density at radius 2 is 2.15 bits per heavy atom. The topological polar surface area (TPSA) is 53.9 Å². The summed E-state index contributed by atoms with van der Waals surface area (Å²) in [6.07, 6.45) is 3.04. The van der Waals surface area contributed by atoms with Gasteiger partial charge in [0.2, 0.25) is 0 Å². The van der Waals surface area contributed by atoms with Crippen LogP contribution in [0.1, 0.15) is 43.2 Å². The van der Waals surface area contributed by atoms with Crippen molar-refractivity contribution in [3.05, 3.63) is 35.4 Å². The highest BCUT2D eigenvalue weighted by atomic mass is 127. The second-order valence-corrected chi connectivity index (χ2v) is 7.03. The first-order valence-electron chi connectivity index (χ1n) is 9.34. The minimum atomic E-state index is -0.0770. The van der Waals surface area contributed by atoms with E-state index in [1.807, 2.05) is 14.0 Å². The molecule has 2 fully saturated rings. The number of rotatable bonds is 4. The van der Waals surface area contributed by atoms with Gasteiger partial charge in [-0.2, -0.15) is 0 Å². The highest BCUT2D eigenvalue weighted by Crippen LogP contribution is 2.42. The molecular formula is C20H30IN3O2. The van der Waals surface area contributed by atoms with Crippen LogP contribution in [0.5, 0.6) is 0 Å². The van der Waals surface area contributed by atoms with Crippen LogP contribution in [-0.2, 0) is 9.53 Å². The third-order valence-electron chi connectivity index (χ3n) is 5.25. The number of halogens is 1. The van der Waals surface area contributed by atoms with Crippen LogP contribution in [0.3, 0.4) is 0 Å². The minimum Gasteiger partial charge on any atom is -0.466 e. The molecule has 3 atom stereocenters. The van der Waals surface area contributed by atoms with E-state index in [4.69, 9.17) is 4.74 Å². The lowest BCUT2D eigenvalue weighted by atomic mass is 9.98.